The van der Waals surface area contributed by atoms with Gasteiger partial charge in [-0.15, -0.1) is 11.3 Å². The van der Waals surface area contributed by atoms with E-state index >= 15 is 0 Å². The maximum atomic E-state index is 12.9. The maximum Gasteiger partial charge on any atom is 0.236 e. The lowest BCUT2D eigenvalue weighted by atomic mass is 9.98. The Balaban J connectivity index is 1.19. The third-order valence-corrected chi connectivity index (χ3v) is 7.18. The largest absolute Gasteiger partial charge is 0.486 e. The van der Waals surface area contributed by atoms with Gasteiger partial charge in [-0.2, -0.15) is 0 Å². The summed E-state index contributed by atoms with van der Waals surface area (Å²) in [5, 5.41) is 1.20. The molecule has 3 aromatic rings. The van der Waals surface area contributed by atoms with Crippen molar-refractivity contribution < 1.29 is 14.3 Å². The Morgan fingerprint density at radius 1 is 1.19 bits per heavy atom. The molecule has 31 heavy (non-hydrogen) atoms. The smallest absolute Gasteiger partial charge is 0.236 e. The molecule has 1 atom stereocenters. The van der Waals surface area contributed by atoms with Gasteiger partial charge in [0, 0.05) is 26.1 Å². The molecule has 7 heteroatoms. The number of ether oxygens (including phenoxy) is 2. The highest BCUT2D eigenvalue weighted by atomic mass is 32.1. The van der Waals surface area contributed by atoms with Crippen molar-refractivity contribution in [2.75, 3.05) is 39.9 Å². The number of thiazole rings is 1. The molecule has 1 amide bonds. The molecule has 5 rings (SSSR count). The molecule has 3 heterocycles. The summed E-state index contributed by atoms with van der Waals surface area (Å²) in [5.41, 5.74) is 2.13. The van der Waals surface area contributed by atoms with Gasteiger partial charge in [-0.25, -0.2) is 4.98 Å². The van der Waals surface area contributed by atoms with E-state index < -0.39 is 0 Å². The molecule has 0 spiro atoms. The zero-order valence-electron chi connectivity index (χ0n) is 17.8. The van der Waals surface area contributed by atoms with Crippen molar-refractivity contribution in [3.8, 4) is 11.5 Å². The van der Waals surface area contributed by atoms with Crippen molar-refractivity contribution in [3.05, 3.63) is 53.0 Å². The van der Waals surface area contributed by atoms with Crippen LogP contribution in [-0.2, 0) is 11.3 Å². The molecule has 2 aromatic carbocycles. The number of carbonyl (C=O) groups is 1. The van der Waals surface area contributed by atoms with Crippen molar-refractivity contribution >= 4 is 27.5 Å². The molecule has 2 aliphatic heterocycles. The molecule has 1 aromatic heterocycles. The second-order valence-electron chi connectivity index (χ2n) is 8.32. The van der Waals surface area contributed by atoms with Crippen molar-refractivity contribution in [2.45, 2.75) is 25.3 Å². The average molecular weight is 438 g/mol. The summed E-state index contributed by atoms with van der Waals surface area (Å²) < 4.78 is 12.5. The first-order valence-corrected chi connectivity index (χ1v) is 11.7. The van der Waals surface area contributed by atoms with Gasteiger partial charge in [-0.1, -0.05) is 18.2 Å². The fraction of sp³-hybridized carbons (Fsp3) is 0.417. The van der Waals surface area contributed by atoms with Crippen LogP contribution in [0, 0.1) is 0 Å². The van der Waals surface area contributed by atoms with Crippen LogP contribution in [-0.4, -0.2) is 60.6 Å². The zero-order valence-corrected chi connectivity index (χ0v) is 18.6. The van der Waals surface area contributed by atoms with Crippen LogP contribution in [0.5, 0.6) is 11.5 Å². The quantitative estimate of drug-likeness (QED) is 0.606. The van der Waals surface area contributed by atoms with Crippen LogP contribution in [0.2, 0.25) is 0 Å². The highest BCUT2D eigenvalue weighted by Gasteiger charge is 2.26. The number of benzene rings is 2. The van der Waals surface area contributed by atoms with Gasteiger partial charge in [0.25, 0.3) is 0 Å². The van der Waals surface area contributed by atoms with Crippen LogP contribution < -0.4 is 9.47 Å². The van der Waals surface area contributed by atoms with Crippen molar-refractivity contribution in [1.82, 2.24) is 14.8 Å². The number of rotatable bonds is 5. The molecule has 0 N–H and O–H groups in total. The van der Waals surface area contributed by atoms with Gasteiger partial charge in [-0.3, -0.25) is 9.69 Å². The van der Waals surface area contributed by atoms with Gasteiger partial charge in [0.05, 0.1) is 21.8 Å². The number of piperidine rings is 1. The Bertz CT molecular complexity index is 1050. The number of hydrogen-bond donors (Lipinski definition) is 0. The molecule has 0 bridgehead atoms. The normalized spacial score (nSPS) is 18.8. The van der Waals surface area contributed by atoms with E-state index in [1.165, 1.54) is 9.71 Å². The molecule has 0 radical (unpaired) electrons. The molecule has 1 saturated heterocycles. The minimum absolute atomic E-state index is 0.139. The summed E-state index contributed by atoms with van der Waals surface area (Å²) in [6.45, 7) is 4.01. The molecule has 0 saturated carbocycles. The third kappa shape index (κ3) is 4.52. The van der Waals surface area contributed by atoms with E-state index in [2.05, 4.69) is 23.1 Å². The first kappa shape index (κ1) is 20.3. The number of likely N-dealkylation sites (N-methyl/N-ethyl adjacent to an activating group) is 1. The molecular formula is C24H27N3O3S. The summed E-state index contributed by atoms with van der Waals surface area (Å²) in [6.07, 6.45) is 2.23. The topological polar surface area (TPSA) is 54.9 Å². The highest BCUT2D eigenvalue weighted by molar-refractivity contribution is 7.18. The standard InChI is InChI=1S/C24H27N3O3S/c1-26(14-17-8-9-20-21(13-17)30-12-11-29-20)23(28)16-27-10-4-5-18(15-27)24-25-19-6-2-3-7-22(19)31-24/h2-3,6-9,13,18H,4-5,10-12,14-16H2,1H3. The van der Waals surface area contributed by atoms with Gasteiger partial charge in [-0.05, 0) is 49.2 Å². The van der Waals surface area contributed by atoms with Crippen molar-refractivity contribution in [2.24, 2.45) is 0 Å². The van der Waals surface area contributed by atoms with E-state index in [1.807, 2.05) is 31.3 Å². The molecule has 2 aliphatic rings. The molecule has 6 nitrogen and oxygen atoms in total. The number of hydrogen-bond acceptors (Lipinski definition) is 6. The van der Waals surface area contributed by atoms with Gasteiger partial charge >= 0.3 is 0 Å². The Labute approximate surface area is 186 Å². The van der Waals surface area contributed by atoms with Crippen LogP contribution in [0.3, 0.4) is 0 Å². The van der Waals surface area contributed by atoms with Crippen molar-refractivity contribution in [3.63, 3.8) is 0 Å². The number of amides is 1. The first-order valence-electron chi connectivity index (χ1n) is 10.9. The zero-order chi connectivity index (χ0) is 21.2. The number of para-hydroxylation sites is 1. The fourth-order valence-electron chi connectivity index (χ4n) is 4.33. The summed E-state index contributed by atoms with van der Waals surface area (Å²) in [6, 6.07) is 14.2. The van der Waals surface area contributed by atoms with Crippen LogP contribution in [0.15, 0.2) is 42.5 Å². The van der Waals surface area contributed by atoms with Gasteiger partial charge in [0.1, 0.15) is 13.2 Å². The predicted octanol–water partition coefficient (Wildman–Crippen LogP) is 3.91. The molecule has 162 valence electrons. The van der Waals surface area contributed by atoms with Gasteiger partial charge in [0.2, 0.25) is 5.91 Å². The highest BCUT2D eigenvalue weighted by Crippen LogP contribution is 2.33. The summed E-state index contributed by atoms with van der Waals surface area (Å²) in [7, 11) is 1.87. The van der Waals surface area contributed by atoms with E-state index in [0.717, 1.165) is 48.5 Å². The molecule has 1 fully saturated rings. The van der Waals surface area contributed by atoms with Crippen LogP contribution in [0.25, 0.3) is 10.2 Å². The Kier molecular flexibility index (Phi) is 5.78. The number of fused-ring (bicyclic) bond motifs is 2. The predicted molar refractivity (Wildman–Crippen MR) is 122 cm³/mol. The average Bonchev–Trinajstić information content (AvgIpc) is 3.23. The van der Waals surface area contributed by atoms with E-state index in [-0.39, 0.29) is 5.91 Å². The minimum Gasteiger partial charge on any atom is -0.486 e. The monoisotopic (exact) mass is 437 g/mol. The third-order valence-electron chi connectivity index (χ3n) is 5.98. The fourth-order valence-corrected chi connectivity index (χ4v) is 5.42. The first-order chi connectivity index (χ1) is 15.2. The van der Waals surface area contributed by atoms with E-state index in [4.69, 9.17) is 14.5 Å². The Morgan fingerprint density at radius 3 is 2.90 bits per heavy atom. The van der Waals surface area contributed by atoms with E-state index in [1.54, 1.807) is 16.2 Å². The number of nitrogens with zero attached hydrogens (tertiary/aromatic N) is 3. The number of aromatic nitrogens is 1. The Morgan fingerprint density at radius 2 is 2.03 bits per heavy atom. The minimum atomic E-state index is 0.139. The van der Waals surface area contributed by atoms with E-state index in [0.29, 0.717) is 32.2 Å². The lowest BCUT2D eigenvalue weighted by Gasteiger charge is -2.32. The number of likely N-dealkylation sites (tertiary alicyclic amines) is 1. The lowest BCUT2D eigenvalue weighted by Crippen LogP contribution is -2.42. The Hall–Kier alpha value is -2.64. The second-order valence-corrected chi connectivity index (χ2v) is 9.38. The van der Waals surface area contributed by atoms with Crippen molar-refractivity contribution in [1.29, 1.82) is 0 Å². The van der Waals surface area contributed by atoms with Gasteiger partial charge in [0.15, 0.2) is 11.5 Å². The lowest BCUT2D eigenvalue weighted by molar-refractivity contribution is -0.131. The summed E-state index contributed by atoms with van der Waals surface area (Å²) in [4.78, 5) is 21.8. The van der Waals surface area contributed by atoms with Crippen LogP contribution in [0.1, 0.15) is 29.3 Å². The number of carbonyl (C=O) groups excluding carboxylic acids is 1. The molecule has 1 unspecified atom stereocenters. The molecular weight excluding hydrogens is 410 g/mol. The van der Waals surface area contributed by atoms with Crippen LogP contribution in [0.4, 0.5) is 0 Å². The maximum absolute atomic E-state index is 12.9. The second kappa shape index (κ2) is 8.85. The summed E-state index contributed by atoms with van der Waals surface area (Å²) in [5.74, 6) is 2.08. The SMILES string of the molecule is CN(Cc1ccc2c(c1)OCCO2)C(=O)CN1CCCC(c2nc3ccccc3s2)C1. The van der Waals surface area contributed by atoms with Crippen LogP contribution >= 0.6 is 11.3 Å². The van der Waals surface area contributed by atoms with Gasteiger partial charge < -0.3 is 14.4 Å². The molecule has 0 aliphatic carbocycles. The van der Waals surface area contributed by atoms with E-state index in [9.17, 15) is 4.79 Å². The summed E-state index contributed by atoms with van der Waals surface area (Å²) >= 11 is 1.79.